The Bertz CT molecular complexity index is 432. The Morgan fingerprint density at radius 2 is 2.00 bits per heavy atom. The summed E-state index contributed by atoms with van der Waals surface area (Å²) in [6.07, 6.45) is 1.92. The quantitative estimate of drug-likeness (QED) is 0.759. The van der Waals surface area contributed by atoms with E-state index in [9.17, 15) is 8.42 Å². The fourth-order valence-electron chi connectivity index (χ4n) is 1.18. The van der Waals surface area contributed by atoms with Crippen LogP contribution in [0.25, 0.3) is 0 Å². The van der Waals surface area contributed by atoms with E-state index >= 15 is 0 Å². The number of anilines is 1. The Morgan fingerprint density at radius 1 is 1.31 bits per heavy atom. The molecule has 1 aromatic carbocycles. The summed E-state index contributed by atoms with van der Waals surface area (Å²) < 4.78 is 25.9. The van der Waals surface area contributed by atoms with Gasteiger partial charge in [-0.05, 0) is 25.4 Å². The van der Waals surface area contributed by atoms with Crippen molar-refractivity contribution in [3.8, 4) is 0 Å². The summed E-state index contributed by atoms with van der Waals surface area (Å²) in [6.45, 7) is 0.441. The van der Waals surface area contributed by atoms with Crippen molar-refractivity contribution < 1.29 is 8.42 Å². The minimum absolute atomic E-state index is 0.0756. The number of thioether (sulfide) groups is 1. The van der Waals surface area contributed by atoms with E-state index in [-0.39, 0.29) is 5.75 Å². The van der Waals surface area contributed by atoms with Crippen molar-refractivity contribution in [3.63, 3.8) is 0 Å². The van der Waals surface area contributed by atoms with Crippen LogP contribution in [0.15, 0.2) is 29.2 Å². The van der Waals surface area contributed by atoms with Crippen LogP contribution in [-0.2, 0) is 10.0 Å². The van der Waals surface area contributed by atoms with Gasteiger partial charge >= 0.3 is 0 Å². The maximum absolute atomic E-state index is 11.7. The molecule has 2 N–H and O–H groups in total. The van der Waals surface area contributed by atoms with Gasteiger partial charge in [0, 0.05) is 11.4 Å². The van der Waals surface area contributed by atoms with Gasteiger partial charge in [0.25, 0.3) is 0 Å². The summed E-state index contributed by atoms with van der Waals surface area (Å²) in [5, 5.41) is 2.81. The van der Waals surface area contributed by atoms with Gasteiger partial charge in [-0.1, -0.05) is 12.1 Å². The minimum atomic E-state index is -3.26. The Hall–Kier alpha value is -0.720. The second-order valence-electron chi connectivity index (χ2n) is 3.22. The summed E-state index contributed by atoms with van der Waals surface area (Å²) in [5.41, 5.74) is 0.645. The van der Waals surface area contributed by atoms with E-state index < -0.39 is 10.0 Å². The molecule has 0 atom stereocenters. The molecular formula is C10H16N2O2S2. The van der Waals surface area contributed by atoms with Gasteiger partial charge in [-0.25, -0.2) is 8.42 Å². The van der Waals surface area contributed by atoms with Gasteiger partial charge in [0.15, 0.2) is 0 Å². The van der Waals surface area contributed by atoms with E-state index in [4.69, 9.17) is 0 Å². The van der Waals surface area contributed by atoms with Gasteiger partial charge in [0.1, 0.15) is 0 Å². The van der Waals surface area contributed by atoms with Gasteiger partial charge in [0.05, 0.1) is 11.4 Å². The van der Waals surface area contributed by atoms with E-state index in [0.717, 1.165) is 4.90 Å². The molecule has 0 aromatic heterocycles. The highest BCUT2D eigenvalue weighted by Crippen LogP contribution is 2.25. The lowest BCUT2D eigenvalue weighted by Gasteiger charge is -2.10. The summed E-state index contributed by atoms with van der Waals surface area (Å²) >= 11 is 1.52. The number of rotatable bonds is 6. The molecule has 1 aromatic rings. The molecule has 0 unspecified atom stereocenters. The molecule has 0 fully saturated rings. The molecule has 6 heteroatoms. The zero-order valence-corrected chi connectivity index (χ0v) is 11.0. The highest BCUT2D eigenvalue weighted by molar-refractivity contribution is 7.99. The highest BCUT2D eigenvalue weighted by Gasteiger charge is 2.11. The Balaban J connectivity index is 2.79. The predicted octanol–water partition coefficient (Wildman–Crippen LogP) is 1.37. The summed E-state index contributed by atoms with van der Waals surface area (Å²) in [5.74, 6) is 0.0756. The van der Waals surface area contributed by atoms with Crippen molar-refractivity contribution in [1.29, 1.82) is 0 Å². The van der Waals surface area contributed by atoms with Crippen molar-refractivity contribution in [3.05, 3.63) is 24.3 Å². The fraction of sp³-hybridized carbons (Fsp3) is 0.400. The van der Waals surface area contributed by atoms with Gasteiger partial charge < -0.3 is 5.32 Å². The Labute approximate surface area is 101 Å². The molecule has 0 saturated heterocycles. The topological polar surface area (TPSA) is 58.2 Å². The first-order chi connectivity index (χ1) is 7.59. The van der Waals surface area contributed by atoms with Crippen LogP contribution < -0.4 is 10.0 Å². The third-order valence-electron chi connectivity index (χ3n) is 1.99. The monoisotopic (exact) mass is 260 g/mol. The number of hydrogen-bond acceptors (Lipinski definition) is 4. The average molecular weight is 260 g/mol. The van der Waals surface area contributed by atoms with Crippen LogP contribution in [-0.4, -0.2) is 34.0 Å². The first kappa shape index (κ1) is 13.3. The van der Waals surface area contributed by atoms with Crippen LogP contribution in [0, 0.1) is 0 Å². The third kappa shape index (κ3) is 4.03. The molecule has 0 aliphatic heterocycles. The van der Waals surface area contributed by atoms with Crippen LogP contribution in [0.5, 0.6) is 0 Å². The number of para-hydroxylation sites is 1. The summed E-state index contributed by atoms with van der Waals surface area (Å²) in [4.78, 5) is 0.926. The van der Waals surface area contributed by atoms with Crippen molar-refractivity contribution >= 4 is 27.5 Å². The van der Waals surface area contributed by atoms with Crippen molar-refractivity contribution in [2.75, 3.05) is 30.3 Å². The van der Waals surface area contributed by atoms with Crippen LogP contribution in [0.4, 0.5) is 5.69 Å². The number of hydrogen-bond donors (Lipinski definition) is 2. The molecule has 0 saturated carbocycles. The molecule has 4 nitrogen and oxygen atoms in total. The first-order valence-corrected chi connectivity index (χ1v) is 7.75. The normalized spacial score (nSPS) is 11.4. The van der Waals surface area contributed by atoms with Gasteiger partial charge in [-0.3, -0.25) is 4.72 Å². The van der Waals surface area contributed by atoms with E-state index in [0.29, 0.717) is 12.2 Å². The zero-order valence-electron chi connectivity index (χ0n) is 9.36. The van der Waals surface area contributed by atoms with Crippen LogP contribution in [0.3, 0.4) is 0 Å². The number of nitrogens with one attached hydrogen (secondary N) is 2. The predicted molar refractivity (Wildman–Crippen MR) is 69.6 cm³/mol. The molecule has 0 heterocycles. The van der Waals surface area contributed by atoms with Gasteiger partial charge in [-0.15, -0.1) is 11.8 Å². The molecule has 16 heavy (non-hydrogen) atoms. The molecule has 0 bridgehead atoms. The van der Waals surface area contributed by atoms with E-state index in [1.54, 1.807) is 13.1 Å². The lowest BCUT2D eigenvalue weighted by molar-refractivity contribution is 0.598. The highest BCUT2D eigenvalue weighted by atomic mass is 32.2. The number of benzene rings is 1. The van der Waals surface area contributed by atoms with Crippen LogP contribution in [0.1, 0.15) is 0 Å². The van der Waals surface area contributed by atoms with Crippen molar-refractivity contribution in [2.45, 2.75) is 4.90 Å². The molecule has 1 rings (SSSR count). The molecule has 0 radical (unpaired) electrons. The third-order valence-corrected chi connectivity index (χ3v) is 4.06. The average Bonchev–Trinajstić information content (AvgIpc) is 2.27. The SMILES string of the molecule is CNCCS(=O)(=O)Nc1ccccc1SC. The van der Waals surface area contributed by atoms with Crippen LogP contribution in [0.2, 0.25) is 0 Å². The first-order valence-electron chi connectivity index (χ1n) is 4.87. The molecule has 0 aliphatic rings. The second-order valence-corrected chi connectivity index (χ2v) is 5.91. The van der Waals surface area contributed by atoms with Crippen molar-refractivity contribution in [1.82, 2.24) is 5.32 Å². The Morgan fingerprint density at radius 3 is 2.62 bits per heavy atom. The maximum Gasteiger partial charge on any atom is 0.234 e. The van der Waals surface area contributed by atoms with Gasteiger partial charge in [-0.2, -0.15) is 0 Å². The molecule has 90 valence electrons. The molecule has 0 aliphatic carbocycles. The zero-order chi connectivity index (χ0) is 12.0. The summed E-state index contributed by atoms with van der Waals surface area (Å²) in [7, 11) is -1.53. The maximum atomic E-state index is 11.7. The number of sulfonamides is 1. The molecule has 0 spiro atoms. The van der Waals surface area contributed by atoms with Crippen molar-refractivity contribution in [2.24, 2.45) is 0 Å². The smallest absolute Gasteiger partial charge is 0.234 e. The molecule has 0 amide bonds. The largest absolute Gasteiger partial charge is 0.319 e. The minimum Gasteiger partial charge on any atom is -0.319 e. The summed E-state index contributed by atoms with van der Waals surface area (Å²) in [6, 6.07) is 7.36. The lowest BCUT2D eigenvalue weighted by atomic mass is 10.3. The van der Waals surface area contributed by atoms with Gasteiger partial charge in [0.2, 0.25) is 10.0 Å². The van der Waals surface area contributed by atoms with Crippen LogP contribution >= 0.6 is 11.8 Å². The van der Waals surface area contributed by atoms with E-state index in [1.165, 1.54) is 11.8 Å². The van der Waals surface area contributed by atoms with E-state index in [2.05, 4.69) is 10.0 Å². The second kappa shape index (κ2) is 6.12. The standard InChI is InChI=1S/C10H16N2O2S2/c1-11-7-8-16(13,14)12-9-5-3-4-6-10(9)15-2/h3-6,11-12H,7-8H2,1-2H3. The lowest BCUT2D eigenvalue weighted by Crippen LogP contribution is -2.24. The fourth-order valence-corrected chi connectivity index (χ4v) is 2.89. The molecular weight excluding hydrogens is 244 g/mol. The Kier molecular flexibility index (Phi) is 5.11. The van der Waals surface area contributed by atoms with E-state index in [1.807, 2.05) is 24.5 Å².